The number of nitrogens with zero attached hydrogens (tertiary/aromatic N) is 3. The Labute approximate surface area is 116 Å². The molecule has 2 heterocycles. The van der Waals surface area contributed by atoms with Gasteiger partial charge in [0.2, 0.25) is 0 Å². The lowest BCUT2D eigenvalue weighted by molar-refractivity contribution is -0.0236. The molecule has 0 radical (unpaired) electrons. The molecule has 6 heteroatoms. The molecule has 1 atom stereocenters. The number of ether oxygens (including phenoxy) is 1. The number of para-hydroxylation sites is 2. The maximum atomic E-state index is 13.3. The molecule has 0 amide bonds. The van der Waals surface area contributed by atoms with Crippen LogP contribution in [0.2, 0.25) is 0 Å². The fourth-order valence-corrected chi connectivity index (χ4v) is 2.66. The van der Waals surface area contributed by atoms with Gasteiger partial charge in [-0.2, -0.15) is 8.78 Å². The first-order valence-corrected chi connectivity index (χ1v) is 6.73. The summed E-state index contributed by atoms with van der Waals surface area (Å²) in [6, 6.07) is 7.01. The fraction of sp³-hybridized carbons (Fsp3) is 0.500. The van der Waals surface area contributed by atoms with Crippen LogP contribution in [0.1, 0.15) is 19.3 Å². The van der Waals surface area contributed by atoms with E-state index < -0.39 is 6.55 Å². The van der Waals surface area contributed by atoms with Crippen molar-refractivity contribution in [2.75, 3.05) is 19.7 Å². The van der Waals surface area contributed by atoms with E-state index in [-0.39, 0.29) is 6.10 Å². The van der Waals surface area contributed by atoms with Gasteiger partial charge in [0.05, 0.1) is 30.3 Å². The van der Waals surface area contributed by atoms with E-state index in [9.17, 15) is 8.78 Å². The Morgan fingerprint density at radius 2 is 2.20 bits per heavy atom. The highest BCUT2D eigenvalue weighted by Gasteiger charge is 2.22. The molecule has 3 rings (SSSR count). The van der Waals surface area contributed by atoms with E-state index >= 15 is 0 Å². The van der Waals surface area contributed by atoms with Gasteiger partial charge in [-0.25, -0.2) is 4.98 Å². The summed E-state index contributed by atoms with van der Waals surface area (Å²) in [6.45, 7) is 1.96. The first-order chi connectivity index (χ1) is 9.65. The number of rotatable bonds is 3. The van der Waals surface area contributed by atoms with Crippen molar-refractivity contribution in [3.05, 3.63) is 30.1 Å². The summed E-state index contributed by atoms with van der Waals surface area (Å²) in [5.41, 5.74) is 1.10. The zero-order chi connectivity index (χ0) is 14.1. The largest absolute Gasteiger partial charge is 0.376 e. The van der Waals surface area contributed by atoms with Crippen LogP contribution in [0.4, 0.5) is 8.78 Å². The third-order valence-electron chi connectivity index (χ3n) is 3.55. The number of fused-ring (bicyclic) bond motifs is 1. The lowest BCUT2D eigenvalue weighted by Gasteiger charge is -2.30. The molecule has 1 aliphatic rings. The predicted molar refractivity (Wildman–Crippen MR) is 71.7 cm³/mol. The third kappa shape index (κ3) is 2.53. The van der Waals surface area contributed by atoms with Gasteiger partial charge in [-0.1, -0.05) is 12.1 Å². The first-order valence-electron chi connectivity index (χ1n) is 6.73. The highest BCUT2D eigenvalue weighted by Crippen LogP contribution is 2.24. The molecular formula is C14H17F2N3O. The number of halogens is 2. The zero-order valence-corrected chi connectivity index (χ0v) is 11.3. The summed E-state index contributed by atoms with van der Waals surface area (Å²) in [5.74, 6) is 0.412. The van der Waals surface area contributed by atoms with E-state index in [1.807, 2.05) is 13.0 Å². The molecule has 4 nitrogen and oxygen atoms in total. The van der Waals surface area contributed by atoms with Gasteiger partial charge >= 0.3 is 6.55 Å². The van der Waals surface area contributed by atoms with E-state index in [2.05, 4.69) is 9.88 Å². The van der Waals surface area contributed by atoms with E-state index in [1.165, 1.54) is 0 Å². The average molecular weight is 281 g/mol. The summed E-state index contributed by atoms with van der Waals surface area (Å²) in [7, 11) is 0. The van der Waals surface area contributed by atoms with Crippen molar-refractivity contribution in [3.8, 4) is 0 Å². The van der Waals surface area contributed by atoms with Crippen molar-refractivity contribution in [1.29, 1.82) is 0 Å². The van der Waals surface area contributed by atoms with Gasteiger partial charge in [-0.05, 0) is 19.1 Å². The average Bonchev–Trinajstić information content (AvgIpc) is 2.76. The number of benzene rings is 1. The predicted octanol–water partition coefficient (Wildman–Crippen LogP) is 2.65. The second-order valence-electron chi connectivity index (χ2n) is 5.08. The standard InChI is InChI=1S/C14H17F2N3O/c1-10-8-18(6-7-20-10)9-13-17-11-4-2-3-5-12(11)19(13)14(15)16/h2-5,10,14H,6-9H2,1H3. The number of hydrogen-bond donors (Lipinski definition) is 0. The maximum Gasteiger partial charge on any atom is 0.320 e. The Bertz CT molecular complexity index is 599. The number of aromatic nitrogens is 2. The van der Waals surface area contributed by atoms with E-state index in [1.54, 1.807) is 18.2 Å². The minimum Gasteiger partial charge on any atom is -0.376 e. The molecular weight excluding hydrogens is 264 g/mol. The van der Waals surface area contributed by atoms with Crippen LogP contribution in [0, 0.1) is 0 Å². The molecule has 1 aromatic carbocycles. The number of morpholine rings is 1. The minimum atomic E-state index is -2.57. The molecule has 0 N–H and O–H groups in total. The van der Waals surface area contributed by atoms with E-state index in [0.29, 0.717) is 30.0 Å². The van der Waals surface area contributed by atoms with Crippen molar-refractivity contribution in [2.24, 2.45) is 0 Å². The van der Waals surface area contributed by atoms with Crippen molar-refractivity contribution in [2.45, 2.75) is 26.1 Å². The Hall–Kier alpha value is -1.53. The molecule has 0 bridgehead atoms. The molecule has 0 saturated carbocycles. The normalized spacial score (nSPS) is 20.9. The lowest BCUT2D eigenvalue weighted by atomic mass is 10.3. The summed E-state index contributed by atoms with van der Waals surface area (Å²) in [4.78, 5) is 6.46. The molecule has 0 aliphatic carbocycles. The third-order valence-corrected chi connectivity index (χ3v) is 3.55. The van der Waals surface area contributed by atoms with Crippen molar-refractivity contribution < 1.29 is 13.5 Å². The SMILES string of the molecule is CC1CN(Cc2nc3ccccc3n2C(F)F)CCO1. The summed E-state index contributed by atoms with van der Waals surface area (Å²) in [6.07, 6.45) is 0.133. The minimum absolute atomic E-state index is 0.133. The molecule has 2 aromatic rings. The van der Waals surface area contributed by atoms with Crippen LogP contribution < -0.4 is 0 Å². The zero-order valence-electron chi connectivity index (χ0n) is 11.3. The molecule has 0 spiro atoms. The molecule has 1 fully saturated rings. The molecule has 20 heavy (non-hydrogen) atoms. The lowest BCUT2D eigenvalue weighted by Crippen LogP contribution is -2.41. The van der Waals surface area contributed by atoms with E-state index in [0.717, 1.165) is 17.7 Å². The Morgan fingerprint density at radius 1 is 1.40 bits per heavy atom. The quantitative estimate of drug-likeness (QED) is 0.866. The molecule has 1 saturated heterocycles. The van der Waals surface area contributed by atoms with Crippen molar-refractivity contribution >= 4 is 11.0 Å². The molecule has 1 aliphatic heterocycles. The van der Waals surface area contributed by atoms with Gasteiger partial charge in [0, 0.05) is 13.1 Å². The van der Waals surface area contributed by atoms with Crippen LogP contribution in [0.15, 0.2) is 24.3 Å². The second-order valence-corrected chi connectivity index (χ2v) is 5.08. The van der Waals surface area contributed by atoms with Gasteiger partial charge in [0.25, 0.3) is 0 Å². The van der Waals surface area contributed by atoms with Crippen molar-refractivity contribution in [1.82, 2.24) is 14.5 Å². The van der Waals surface area contributed by atoms with Crippen LogP contribution in [0.5, 0.6) is 0 Å². The second kappa shape index (κ2) is 5.46. The highest BCUT2D eigenvalue weighted by molar-refractivity contribution is 5.75. The van der Waals surface area contributed by atoms with Gasteiger partial charge in [0.15, 0.2) is 0 Å². The fourth-order valence-electron chi connectivity index (χ4n) is 2.66. The summed E-state index contributed by atoms with van der Waals surface area (Å²) < 4.78 is 33.1. The van der Waals surface area contributed by atoms with Crippen LogP contribution in [0.25, 0.3) is 11.0 Å². The summed E-state index contributed by atoms with van der Waals surface area (Å²) >= 11 is 0. The Balaban J connectivity index is 1.92. The van der Waals surface area contributed by atoms with Crippen LogP contribution >= 0.6 is 0 Å². The Morgan fingerprint density at radius 3 is 2.95 bits per heavy atom. The smallest absolute Gasteiger partial charge is 0.320 e. The van der Waals surface area contributed by atoms with Gasteiger partial charge < -0.3 is 4.74 Å². The summed E-state index contributed by atoms with van der Waals surface area (Å²) in [5, 5.41) is 0. The van der Waals surface area contributed by atoms with Crippen molar-refractivity contribution in [3.63, 3.8) is 0 Å². The molecule has 1 unspecified atom stereocenters. The van der Waals surface area contributed by atoms with Gasteiger partial charge in [-0.15, -0.1) is 0 Å². The number of hydrogen-bond acceptors (Lipinski definition) is 3. The van der Waals surface area contributed by atoms with Crippen LogP contribution in [-0.2, 0) is 11.3 Å². The van der Waals surface area contributed by atoms with Crippen LogP contribution in [-0.4, -0.2) is 40.3 Å². The first kappa shape index (κ1) is 13.5. The molecule has 1 aromatic heterocycles. The number of imidazole rings is 1. The highest BCUT2D eigenvalue weighted by atomic mass is 19.3. The van der Waals surface area contributed by atoms with Gasteiger partial charge in [-0.3, -0.25) is 9.47 Å². The monoisotopic (exact) mass is 281 g/mol. The maximum absolute atomic E-state index is 13.3. The molecule has 108 valence electrons. The van der Waals surface area contributed by atoms with Gasteiger partial charge in [0.1, 0.15) is 5.82 Å². The van der Waals surface area contributed by atoms with Crippen LogP contribution in [0.3, 0.4) is 0 Å². The Kier molecular flexibility index (Phi) is 3.67. The number of alkyl halides is 2. The topological polar surface area (TPSA) is 30.3 Å². The van der Waals surface area contributed by atoms with E-state index in [4.69, 9.17) is 4.74 Å².